The van der Waals surface area contributed by atoms with Gasteiger partial charge >= 0.3 is 0 Å². The lowest BCUT2D eigenvalue weighted by molar-refractivity contribution is 0.0769. The van der Waals surface area contributed by atoms with E-state index in [4.69, 9.17) is 18.0 Å². The highest BCUT2D eigenvalue weighted by atomic mass is 35.5. The Bertz CT molecular complexity index is 463. The molecule has 2 rings (SSSR count). The lowest BCUT2D eigenvalue weighted by Gasteiger charge is -2.20. The van der Waals surface area contributed by atoms with Crippen molar-refractivity contribution in [1.29, 1.82) is 0 Å². The molecular formula is C13H13ClN2O. The molecule has 1 heterocycles. The first-order chi connectivity index (χ1) is 8.22. The van der Waals surface area contributed by atoms with Gasteiger partial charge in [0.15, 0.2) is 0 Å². The van der Waals surface area contributed by atoms with Gasteiger partial charge in [0.25, 0.3) is 5.91 Å². The van der Waals surface area contributed by atoms with Crippen molar-refractivity contribution in [3.8, 4) is 12.3 Å². The summed E-state index contributed by atoms with van der Waals surface area (Å²) in [5.74, 6) is 2.98. The number of aromatic nitrogens is 1. The molecule has 0 aliphatic heterocycles. The van der Waals surface area contributed by atoms with E-state index in [2.05, 4.69) is 10.9 Å². The SMILES string of the molecule is C#CCN(CC1CC1)C(=O)c1cnccc1Cl. The van der Waals surface area contributed by atoms with Crippen molar-refractivity contribution in [2.45, 2.75) is 12.8 Å². The van der Waals surface area contributed by atoms with Gasteiger partial charge in [-0.25, -0.2) is 0 Å². The minimum atomic E-state index is -0.132. The summed E-state index contributed by atoms with van der Waals surface area (Å²) in [6.07, 6.45) is 10.7. The molecule has 3 nitrogen and oxygen atoms in total. The largest absolute Gasteiger partial charge is 0.327 e. The quantitative estimate of drug-likeness (QED) is 0.766. The molecule has 0 bridgehead atoms. The normalized spacial score (nSPS) is 14.1. The maximum Gasteiger partial charge on any atom is 0.257 e. The van der Waals surface area contributed by atoms with Crippen LogP contribution in [-0.2, 0) is 0 Å². The van der Waals surface area contributed by atoms with Crippen LogP contribution in [0.25, 0.3) is 0 Å². The molecular weight excluding hydrogens is 236 g/mol. The Kier molecular flexibility index (Phi) is 3.65. The van der Waals surface area contributed by atoms with Crippen LogP contribution in [0.15, 0.2) is 18.5 Å². The van der Waals surface area contributed by atoms with E-state index in [0.29, 0.717) is 29.6 Å². The number of pyridine rings is 1. The van der Waals surface area contributed by atoms with Crippen molar-refractivity contribution >= 4 is 17.5 Å². The Hall–Kier alpha value is -1.53. The van der Waals surface area contributed by atoms with Crippen molar-refractivity contribution in [3.63, 3.8) is 0 Å². The zero-order chi connectivity index (χ0) is 12.3. The molecule has 1 aliphatic rings. The molecule has 0 radical (unpaired) electrons. The van der Waals surface area contributed by atoms with Gasteiger partial charge in [0.05, 0.1) is 17.1 Å². The first kappa shape index (κ1) is 11.9. The second kappa shape index (κ2) is 5.20. The Morgan fingerprint density at radius 1 is 1.65 bits per heavy atom. The number of hydrogen-bond donors (Lipinski definition) is 0. The van der Waals surface area contributed by atoms with Gasteiger partial charge in [0.1, 0.15) is 0 Å². The van der Waals surface area contributed by atoms with Gasteiger partial charge in [-0.15, -0.1) is 6.42 Å². The highest BCUT2D eigenvalue weighted by Crippen LogP contribution is 2.30. The molecule has 0 unspecified atom stereocenters. The van der Waals surface area contributed by atoms with E-state index in [0.717, 1.165) is 0 Å². The van der Waals surface area contributed by atoms with Gasteiger partial charge in [-0.2, -0.15) is 0 Å². The average Bonchev–Trinajstić information content (AvgIpc) is 3.12. The second-order valence-corrected chi connectivity index (χ2v) is 4.60. The molecule has 1 aromatic heterocycles. The molecule has 0 aromatic carbocycles. The third-order valence-corrected chi connectivity index (χ3v) is 3.07. The Morgan fingerprint density at radius 3 is 3.00 bits per heavy atom. The third-order valence-electron chi connectivity index (χ3n) is 2.74. The Morgan fingerprint density at radius 2 is 2.41 bits per heavy atom. The van der Waals surface area contributed by atoms with Crippen LogP contribution in [0.2, 0.25) is 5.02 Å². The van der Waals surface area contributed by atoms with Crippen molar-refractivity contribution in [2.24, 2.45) is 5.92 Å². The number of amides is 1. The summed E-state index contributed by atoms with van der Waals surface area (Å²) < 4.78 is 0. The van der Waals surface area contributed by atoms with Crippen LogP contribution in [0.3, 0.4) is 0 Å². The van der Waals surface area contributed by atoms with Crippen molar-refractivity contribution in [3.05, 3.63) is 29.0 Å². The number of carbonyl (C=O) groups excluding carboxylic acids is 1. The van der Waals surface area contributed by atoms with E-state index in [1.165, 1.54) is 19.0 Å². The van der Waals surface area contributed by atoms with E-state index in [9.17, 15) is 4.79 Å². The van der Waals surface area contributed by atoms with Crippen LogP contribution < -0.4 is 0 Å². The number of hydrogen-bond acceptors (Lipinski definition) is 2. The fourth-order valence-corrected chi connectivity index (χ4v) is 1.83. The number of terminal acetylenes is 1. The Balaban J connectivity index is 2.15. The molecule has 0 spiro atoms. The molecule has 0 N–H and O–H groups in total. The standard InChI is InChI=1S/C13H13ClN2O/c1-2-7-16(9-10-3-4-10)13(17)11-8-15-6-5-12(11)14/h1,5-6,8,10H,3-4,7,9H2. The molecule has 88 valence electrons. The predicted molar refractivity (Wildman–Crippen MR) is 66.7 cm³/mol. The minimum Gasteiger partial charge on any atom is -0.327 e. The molecule has 17 heavy (non-hydrogen) atoms. The summed E-state index contributed by atoms with van der Waals surface area (Å²) in [6.45, 7) is 1.04. The lowest BCUT2D eigenvalue weighted by atomic mass is 10.2. The molecule has 1 fully saturated rings. The second-order valence-electron chi connectivity index (χ2n) is 4.19. The zero-order valence-electron chi connectivity index (χ0n) is 9.40. The summed E-state index contributed by atoms with van der Waals surface area (Å²) in [7, 11) is 0. The maximum absolute atomic E-state index is 12.2. The van der Waals surface area contributed by atoms with E-state index in [-0.39, 0.29) is 5.91 Å². The molecule has 1 saturated carbocycles. The number of nitrogens with zero attached hydrogens (tertiary/aromatic N) is 2. The lowest BCUT2D eigenvalue weighted by Crippen LogP contribution is -2.33. The smallest absolute Gasteiger partial charge is 0.257 e. The average molecular weight is 249 g/mol. The third kappa shape index (κ3) is 2.98. The van der Waals surface area contributed by atoms with Crippen LogP contribution >= 0.6 is 11.6 Å². The fraction of sp³-hybridized carbons (Fsp3) is 0.385. The van der Waals surface area contributed by atoms with E-state index in [1.54, 1.807) is 17.2 Å². The van der Waals surface area contributed by atoms with Gasteiger partial charge in [-0.1, -0.05) is 17.5 Å². The minimum absolute atomic E-state index is 0.132. The summed E-state index contributed by atoms with van der Waals surface area (Å²) in [5, 5.41) is 0.419. The predicted octanol–water partition coefficient (Wildman–Crippen LogP) is 2.22. The Labute approximate surface area is 106 Å². The van der Waals surface area contributed by atoms with Crippen molar-refractivity contribution in [2.75, 3.05) is 13.1 Å². The van der Waals surface area contributed by atoms with Crippen molar-refractivity contribution in [1.82, 2.24) is 9.88 Å². The molecule has 0 saturated heterocycles. The van der Waals surface area contributed by atoms with Crippen LogP contribution in [0.4, 0.5) is 0 Å². The topological polar surface area (TPSA) is 33.2 Å². The highest BCUT2D eigenvalue weighted by Gasteiger charge is 2.27. The highest BCUT2D eigenvalue weighted by molar-refractivity contribution is 6.33. The number of rotatable bonds is 4. The summed E-state index contributed by atoms with van der Waals surface area (Å²) >= 11 is 5.98. The molecule has 0 atom stereocenters. The first-order valence-electron chi connectivity index (χ1n) is 5.54. The number of carbonyl (C=O) groups is 1. The van der Waals surface area contributed by atoms with Crippen molar-refractivity contribution < 1.29 is 4.79 Å². The molecule has 1 aromatic rings. The molecule has 4 heteroatoms. The van der Waals surface area contributed by atoms with Gasteiger partial charge in [-0.05, 0) is 24.8 Å². The van der Waals surface area contributed by atoms with Gasteiger partial charge in [0, 0.05) is 18.9 Å². The zero-order valence-corrected chi connectivity index (χ0v) is 10.2. The van der Waals surface area contributed by atoms with E-state index < -0.39 is 0 Å². The maximum atomic E-state index is 12.2. The monoisotopic (exact) mass is 248 g/mol. The van der Waals surface area contributed by atoms with E-state index in [1.807, 2.05) is 0 Å². The summed E-state index contributed by atoms with van der Waals surface area (Å²) in [4.78, 5) is 17.8. The molecule has 1 amide bonds. The number of halogens is 1. The van der Waals surface area contributed by atoms with Gasteiger partial charge < -0.3 is 4.90 Å². The van der Waals surface area contributed by atoms with Gasteiger partial charge in [0.2, 0.25) is 0 Å². The van der Waals surface area contributed by atoms with Crippen LogP contribution in [0.5, 0.6) is 0 Å². The van der Waals surface area contributed by atoms with E-state index >= 15 is 0 Å². The van der Waals surface area contributed by atoms with Crippen LogP contribution in [0.1, 0.15) is 23.2 Å². The van der Waals surface area contributed by atoms with Crippen LogP contribution in [-0.4, -0.2) is 28.9 Å². The summed E-state index contributed by atoms with van der Waals surface area (Å²) in [5.41, 5.74) is 0.421. The summed E-state index contributed by atoms with van der Waals surface area (Å²) in [6, 6.07) is 1.61. The first-order valence-corrected chi connectivity index (χ1v) is 5.92. The van der Waals surface area contributed by atoms with Crippen LogP contribution in [0, 0.1) is 18.3 Å². The fourth-order valence-electron chi connectivity index (χ4n) is 1.65. The molecule has 1 aliphatic carbocycles. The van der Waals surface area contributed by atoms with Gasteiger partial charge in [-0.3, -0.25) is 9.78 Å².